The number of anilines is 1. The van der Waals surface area contributed by atoms with Gasteiger partial charge < -0.3 is 10.6 Å². The van der Waals surface area contributed by atoms with Crippen molar-refractivity contribution in [2.24, 2.45) is 0 Å². The SMILES string of the molecule is C=CCN(CC=C)S(=O)(=O)c1ccc(NC(=S)NC(=O)C(c2ccccc2)c2ccccc2)cc1. The first-order chi connectivity index (χ1) is 16.9. The zero-order chi connectivity index (χ0) is 25.3. The molecule has 0 radical (unpaired) electrons. The number of hydrogen-bond acceptors (Lipinski definition) is 4. The molecule has 3 rings (SSSR count). The number of benzene rings is 3. The van der Waals surface area contributed by atoms with Crippen LogP contribution < -0.4 is 10.6 Å². The lowest BCUT2D eigenvalue weighted by Crippen LogP contribution is -2.37. The summed E-state index contributed by atoms with van der Waals surface area (Å²) in [6.45, 7) is 7.57. The summed E-state index contributed by atoms with van der Waals surface area (Å²) in [6.07, 6.45) is 3.05. The molecule has 0 saturated carbocycles. The van der Waals surface area contributed by atoms with Gasteiger partial charge in [-0.3, -0.25) is 4.79 Å². The van der Waals surface area contributed by atoms with Crippen LogP contribution in [-0.4, -0.2) is 36.8 Å². The first kappa shape index (κ1) is 26.0. The minimum Gasteiger partial charge on any atom is -0.332 e. The van der Waals surface area contributed by atoms with Crippen LogP contribution >= 0.6 is 12.2 Å². The number of rotatable bonds is 10. The third-order valence-electron chi connectivity index (χ3n) is 5.18. The summed E-state index contributed by atoms with van der Waals surface area (Å²) in [4.78, 5) is 13.3. The minimum absolute atomic E-state index is 0.113. The Labute approximate surface area is 212 Å². The van der Waals surface area contributed by atoms with Crippen LogP contribution in [0.5, 0.6) is 0 Å². The average Bonchev–Trinajstić information content (AvgIpc) is 2.85. The number of carbonyl (C=O) groups is 1. The lowest BCUT2D eigenvalue weighted by Gasteiger charge is -2.20. The highest BCUT2D eigenvalue weighted by Gasteiger charge is 2.24. The molecule has 0 unspecified atom stereocenters. The molecule has 0 fully saturated rings. The van der Waals surface area contributed by atoms with Crippen LogP contribution in [-0.2, 0) is 14.8 Å². The summed E-state index contributed by atoms with van der Waals surface area (Å²) in [5.74, 6) is -0.811. The van der Waals surface area contributed by atoms with Gasteiger partial charge in [-0.05, 0) is 47.6 Å². The van der Waals surface area contributed by atoms with Gasteiger partial charge in [-0.2, -0.15) is 4.31 Å². The third-order valence-corrected chi connectivity index (χ3v) is 7.23. The lowest BCUT2D eigenvalue weighted by molar-refractivity contribution is -0.120. The molecular formula is C27H27N3O3S2. The van der Waals surface area contributed by atoms with Crippen molar-refractivity contribution in [3.63, 3.8) is 0 Å². The second-order valence-corrected chi connectivity index (χ2v) is 9.97. The monoisotopic (exact) mass is 505 g/mol. The second kappa shape index (κ2) is 12.2. The molecule has 0 saturated heterocycles. The number of sulfonamides is 1. The number of nitrogens with one attached hydrogen (secondary N) is 2. The summed E-state index contributed by atoms with van der Waals surface area (Å²) < 4.78 is 27.0. The van der Waals surface area contributed by atoms with E-state index in [9.17, 15) is 13.2 Å². The van der Waals surface area contributed by atoms with E-state index in [4.69, 9.17) is 12.2 Å². The van der Waals surface area contributed by atoms with E-state index < -0.39 is 15.9 Å². The van der Waals surface area contributed by atoms with Crippen LogP contribution in [0.4, 0.5) is 5.69 Å². The van der Waals surface area contributed by atoms with E-state index in [1.807, 2.05) is 60.7 Å². The molecule has 8 heteroatoms. The lowest BCUT2D eigenvalue weighted by atomic mass is 9.90. The van der Waals surface area contributed by atoms with Crippen molar-refractivity contribution in [1.29, 1.82) is 0 Å². The average molecular weight is 506 g/mol. The van der Waals surface area contributed by atoms with Crippen LogP contribution in [0.1, 0.15) is 17.0 Å². The Bertz CT molecular complexity index is 1230. The Kier molecular flexibility index (Phi) is 9.08. The number of carbonyl (C=O) groups excluding carboxylic acids is 1. The molecular weight excluding hydrogens is 478 g/mol. The number of amides is 1. The second-order valence-electron chi connectivity index (χ2n) is 7.62. The molecule has 6 nitrogen and oxygen atoms in total. The molecule has 2 N–H and O–H groups in total. The Morgan fingerprint density at radius 3 is 1.80 bits per heavy atom. The van der Waals surface area contributed by atoms with Crippen molar-refractivity contribution in [1.82, 2.24) is 9.62 Å². The molecule has 0 heterocycles. The van der Waals surface area contributed by atoms with Gasteiger partial charge in [0.2, 0.25) is 15.9 Å². The first-order valence-corrected chi connectivity index (χ1v) is 12.8. The molecule has 180 valence electrons. The summed E-state index contributed by atoms with van der Waals surface area (Å²) in [5.41, 5.74) is 2.23. The van der Waals surface area contributed by atoms with Gasteiger partial charge in [0.25, 0.3) is 0 Å². The highest BCUT2D eigenvalue weighted by molar-refractivity contribution is 7.89. The van der Waals surface area contributed by atoms with E-state index in [2.05, 4.69) is 23.8 Å². The van der Waals surface area contributed by atoms with Gasteiger partial charge in [0.05, 0.1) is 10.8 Å². The van der Waals surface area contributed by atoms with Crippen molar-refractivity contribution < 1.29 is 13.2 Å². The molecule has 0 aliphatic carbocycles. The molecule has 0 bridgehead atoms. The fourth-order valence-corrected chi connectivity index (χ4v) is 5.15. The molecule has 1 amide bonds. The molecule has 0 aliphatic heterocycles. The predicted molar refractivity (Wildman–Crippen MR) is 145 cm³/mol. The number of thiocarbonyl (C=S) groups is 1. The van der Waals surface area contributed by atoms with Gasteiger partial charge >= 0.3 is 0 Å². The molecule has 3 aromatic rings. The molecule has 3 aromatic carbocycles. The van der Waals surface area contributed by atoms with Crippen LogP contribution in [0.2, 0.25) is 0 Å². The van der Waals surface area contributed by atoms with Crippen molar-refractivity contribution in [3.05, 3.63) is 121 Å². The highest BCUT2D eigenvalue weighted by atomic mass is 32.2. The fourth-order valence-electron chi connectivity index (χ4n) is 3.55. The summed E-state index contributed by atoms with van der Waals surface area (Å²) in [6, 6.07) is 25.1. The van der Waals surface area contributed by atoms with Crippen LogP contribution in [0.25, 0.3) is 0 Å². The van der Waals surface area contributed by atoms with E-state index in [0.717, 1.165) is 11.1 Å². The summed E-state index contributed by atoms with van der Waals surface area (Å²) >= 11 is 5.36. The fraction of sp³-hybridized carbons (Fsp3) is 0.111. The standard InChI is InChI=1S/C27H27N3O3S2/c1-3-19-30(20-4-2)35(32,33)24-17-15-23(16-18-24)28-27(34)29-26(31)25(21-11-7-5-8-12-21)22-13-9-6-10-14-22/h3-18,25H,1-2,19-20H2,(H2,28,29,31,34). The van der Waals surface area contributed by atoms with Gasteiger partial charge in [-0.1, -0.05) is 72.8 Å². The normalized spacial score (nSPS) is 11.1. The quantitative estimate of drug-likeness (QED) is 0.309. The van der Waals surface area contributed by atoms with E-state index in [1.165, 1.54) is 28.6 Å². The molecule has 0 aromatic heterocycles. The minimum atomic E-state index is -3.70. The Balaban J connectivity index is 1.72. The van der Waals surface area contributed by atoms with Crippen molar-refractivity contribution in [2.75, 3.05) is 18.4 Å². The largest absolute Gasteiger partial charge is 0.332 e. The van der Waals surface area contributed by atoms with Crippen LogP contribution in [0.15, 0.2) is 115 Å². The van der Waals surface area contributed by atoms with Crippen molar-refractivity contribution >= 4 is 38.9 Å². The topological polar surface area (TPSA) is 78.5 Å². The van der Waals surface area contributed by atoms with Crippen LogP contribution in [0, 0.1) is 0 Å². The predicted octanol–water partition coefficient (Wildman–Crippen LogP) is 4.69. The maximum atomic E-state index is 13.2. The molecule has 0 spiro atoms. The Morgan fingerprint density at radius 1 is 0.857 bits per heavy atom. The Hall–Kier alpha value is -3.59. The maximum Gasteiger partial charge on any atom is 0.243 e. The third kappa shape index (κ3) is 6.73. The number of nitrogens with zero attached hydrogens (tertiary/aromatic N) is 1. The van der Waals surface area contributed by atoms with E-state index in [-0.39, 0.29) is 29.0 Å². The van der Waals surface area contributed by atoms with E-state index in [1.54, 1.807) is 12.1 Å². The van der Waals surface area contributed by atoms with Gasteiger partial charge in [0.15, 0.2) is 5.11 Å². The first-order valence-electron chi connectivity index (χ1n) is 10.9. The zero-order valence-electron chi connectivity index (χ0n) is 19.1. The Morgan fingerprint density at radius 2 is 1.34 bits per heavy atom. The zero-order valence-corrected chi connectivity index (χ0v) is 20.8. The number of hydrogen-bond donors (Lipinski definition) is 2. The van der Waals surface area contributed by atoms with E-state index >= 15 is 0 Å². The summed E-state index contributed by atoms with van der Waals surface area (Å²) in [7, 11) is -3.70. The van der Waals surface area contributed by atoms with Gasteiger partial charge in [0.1, 0.15) is 0 Å². The van der Waals surface area contributed by atoms with Crippen LogP contribution in [0.3, 0.4) is 0 Å². The van der Waals surface area contributed by atoms with E-state index in [0.29, 0.717) is 5.69 Å². The van der Waals surface area contributed by atoms with Crippen molar-refractivity contribution in [2.45, 2.75) is 10.8 Å². The molecule has 0 aliphatic rings. The van der Waals surface area contributed by atoms with Crippen molar-refractivity contribution in [3.8, 4) is 0 Å². The maximum absolute atomic E-state index is 13.2. The molecule has 35 heavy (non-hydrogen) atoms. The van der Waals surface area contributed by atoms with Gasteiger partial charge in [-0.25, -0.2) is 8.42 Å². The smallest absolute Gasteiger partial charge is 0.243 e. The van der Waals surface area contributed by atoms with Gasteiger partial charge in [-0.15, -0.1) is 13.2 Å². The van der Waals surface area contributed by atoms with Gasteiger partial charge in [0, 0.05) is 18.8 Å². The molecule has 0 atom stereocenters. The highest BCUT2D eigenvalue weighted by Crippen LogP contribution is 2.25. The summed E-state index contributed by atoms with van der Waals surface area (Å²) in [5, 5.41) is 5.82.